The van der Waals surface area contributed by atoms with Crippen LogP contribution in [-0.4, -0.2) is 50.4 Å². The molecule has 1 aliphatic carbocycles. The monoisotopic (exact) mass is 342 g/mol. The summed E-state index contributed by atoms with van der Waals surface area (Å²) in [6, 6.07) is 5.64. The Balaban J connectivity index is 1.79. The summed E-state index contributed by atoms with van der Waals surface area (Å²) in [5.41, 5.74) is 1.47. The van der Waals surface area contributed by atoms with Gasteiger partial charge in [0.2, 0.25) is 0 Å². The average Bonchev–Trinajstić information content (AvgIpc) is 3.07. The summed E-state index contributed by atoms with van der Waals surface area (Å²) in [6.07, 6.45) is 7.76. The zero-order valence-electron chi connectivity index (χ0n) is 14.9. The fourth-order valence-corrected chi connectivity index (χ4v) is 3.61. The number of rotatable bonds is 5. The van der Waals surface area contributed by atoms with Gasteiger partial charge in [0, 0.05) is 25.7 Å². The van der Waals surface area contributed by atoms with Gasteiger partial charge in [-0.25, -0.2) is 9.67 Å². The fraction of sp³-hybridized carbons (Fsp3) is 0.526. The number of aromatic nitrogens is 3. The molecular weight excluding hydrogens is 316 g/mol. The normalized spacial score (nSPS) is 20.4. The summed E-state index contributed by atoms with van der Waals surface area (Å²) in [4.78, 5) is 19.0. The van der Waals surface area contributed by atoms with Crippen molar-refractivity contribution >= 4 is 5.91 Å². The molecule has 2 unspecified atom stereocenters. The third-order valence-electron chi connectivity index (χ3n) is 5.02. The van der Waals surface area contributed by atoms with Gasteiger partial charge in [-0.15, -0.1) is 0 Å². The van der Waals surface area contributed by atoms with E-state index in [9.17, 15) is 9.90 Å². The highest BCUT2D eigenvalue weighted by Crippen LogP contribution is 2.25. The van der Waals surface area contributed by atoms with Crippen molar-refractivity contribution in [3.05, 3.63) is 41.9 Å². The van der Waals surface area contributed by atoms with Crippen LogP contribution in [0.2, 0.25) is 0 Å². The molecule has 1 fully saturated rings. The number of carbonyl (C=O) groups is 1. The molecule has 1 saturated carbocycles. The Hall–Kier alpha value is -2.21. The smallest absolute Gasteiger partial charge is 0.257 e. The molecule has 2 heterocycles. The Morgan fingerprint density at radius 1 is 1.36 bits per heavy atom. The molecule has 2 aromatic rings. The predicted octanol–water partition coefficient (Wildman–Crippen LogP) is 2.45. The van der Waals surface area contributed by atoms with Crippen LogP contribution in [0.15, 0.2) is 30.6 Å². The van der Waals surface area contributed by atoms with Crippen molar-refractivity contribution in [3.8, 4) is 5.82 Å². The summed E-state index contributed by atoms with van der Waals surface area (Å²) in [5, 5.41) is 14.5. The first-order valence-electron chi connectivity index (χ1n) is 9.03. The molecule has 6 nitrogen and oxygen atoms in total. The van der Waals surface area contributed by atoms with Crippen LogP contribution >= 0.6 is 0 Å². The van der Waals surface area contributed by atoms with Crippen LogP contribution in [0.25, 0.3) is 5.82 Å². The van der Waals surface area contributed by atoms with Gasteiger partial charge in [-0.3, -0.25) is 4.79 Å². The van der Waals surface area contributed by atoms with E-state index in [0.717, 1.165) is 31.4 Å². The molecule has 1 aliphatic rings. The molecule has 0 spiro atoms. The van der Waals surface area contributed by atoms with Gasteiger partial charge >= 0.3 is 0 Å². The summed E-state index contributed by atoms with van der Waals surface area (Å²) in [6.45, 7) is 2.59. The van der Waals surface area contributed by atoms with Crippen molar-refractivity contribution < 1.29 is 9.90 Å². The van der Waals surface area contributed by atoms with E-state index in [1.54, 1.807) is 29.0 Å². The highest BCUT2D eigenvalue weighted by atomic mass is 16.3. The molecule has 0 aromatic carbocycles. The van der Waals surface area contributed by atoms with Crippen LogP contribution in [-0.2, 0) is 6.42 Å². The lowest BCUT2D eigenvalue weighted by Crippen LogP contribution is -2.38. The van der Waals surface area contributed by atoms with Gasteiger partial charge in [0.05, 0.1) is 23.6 Å². The van der Waals surface area contributed by atoms with E-state index in [-0.39, 0.29) is 17.9 Å². The molecule has 0 saturated heterocycles. The Kier molecular flexibility index (Phi) is 5.48. The molecule has 0 aliphatic heterocycles. The SMILES string of the molecule is CCc1c(C(=O)N(C)CC2CCCCC2O)cnn1-c1ccccn1. The number of pyridine rings is 1. The molecule has 1 amide bonds. The third kappa shape index (κ3) is 3.74. The van der Waals surface area contributed by atoms with Gasteiger partial charge < -0.3 is 10.0 Å². The van der Waals surface area contributed by atoms with E-state index >= 15 is 0 Å². The van der Waals surface area contributed by atoms with E-state index in [0.29, 0.717) is 24.3 Å². The number of nitrogens with zero attached hydrogens (tertiary/aromatic N) is 4. The molecule has 2 atom stereocenters. The van der Waals surface area contributed by atoms with Crippen LogP contribution in [0, 0.1) is 5.92 Å². The minimum Gasteiger partial charge on any atom is -0.393 e. The van der Waals surface area contributed by atoms with Gasteiger partial charge in [-0.1, -0.05) is 25.8 Å². The van der Waals surface area contributed by atoms with Gasteiger partial charge in [0.25, 0.3) is 5.91 Å². The quantitative estimate of drug-likeness (QED) is 0.906. The molecule has 0 radical (unpaired) electrons. The van der Waals surface area contributed by atoms with Crippen molar-refractivity contribution in [1.29, 1.82) is 0 Å². The van der Waals surface area contributed by atoms with E-state index in [1.807, 2.05) is 25.1 Å². The maximum absolute atomic E-state index is 12.9. The number of hydrogen-bond acceptors (Lipinski definition) is 4. The first-order valence-corrected chi connectivity index (χ1v) is 9.03. The van der Waals surface area contributed by atoms with E-state index in [4.69, 9.17) is 0 Å². The first kappa shape index (κ1) is 17.6. The standard InChI is InChI=1S/C19H26N4O2/c1-3-16-15(12-21-23(16)18-10-6-7-11-20-18)19(25)22(2)13-14-8-4-5-9-17(14)24/h6-7,10-12,14,17,24H,3-5,8-9,13H2,1-2H3. The van der Waals surface area contributed by atoms with E-state index in [2.05, 4.69) is 10.1 Å². The zero-order chi connectivity index (χ0) is 17.8. The lowest BCUT2D eigenvalue weighted by Gasteiger charge is -2.31. The molecule has 1 N–H and O–H groups in total. The molecule has 0 bridgehead atoms. The van der Waals surface area contributed by atoms with Gasteiger partial charge in [0.15, 0.2) is 5.82 Å². The minimum absolute atomic E-state index is 0.0446. The molecule has 25 heavy (non-hydrogen) atoms. The number of aliphatic hydroxyl groups is 1. The average molecular weight is 342 g/mol. The molecule has 2 aromatic heterocycles. The predicted molar refractivity (Wildman–Crippen MR) is 95.7 cm³/mol. The van der Waals surface area contributed by atoms with Crippen LogP contribution in [0.3, 0.4) is 0 Å². The Morgan fingerprint density at radius 3 is 2.84 bits per heavy atom. The largest absolute Gasteiger partial charge is 0.393 e. The van der Waals surface area contributed by atoms with E-state index < -0.39 is 0 Å². The Labute approximate surface area is 148 Å². The Bertz CT molecular complexity index is 713. The second-order valence-corrected chi connectivity index (χ2v) is 6.76. The molecule has 134 valence electrons. The molecular formula is C19H26N4O2. The van der Waals surface area contributed by atoms with Gasteiger partial charge in [-0.05, 0) is 31.4 Å². The van der Waals surface area contributed by atoms with Crippen LogP contribution in [0.1, 0.15) is 48.7 Å². The third-order valence-corrected chi connectivity index (χ3v) is 5.02. The highest BCUT2D eigenvalue weighted by Gasteiger charge is 2.27. The molecule has 6 heteroatoms. The van der Waals surface area contributed by atoms with Crippen LogP contribution in [0.4, 0.5) is 0 Å². The summed E-state index contributed by atoms with van der Waals surface area (Å²) in [7, 11) is 1.81. The summed E-state index contributed by atoms with van der Waals surface area (Å²) >= 11 is 0. The second kappa shape index (κ2) is 7.78. The second-order valence-electron chi connectivity index (χ2n) is 6.76. The Morgan fingerprint density at radius 2 is 2.16 bits per heavy atom. The van der Waals surface area contributed by atoms with Crippen molar-refractivity contribution in [2.45, 2.75) is 45.1 Å². The maximum atomic E-state index is 12.9. The fourth-order valence-electron chi connectivity index (χ4n) is 3.61. The van der Waals surface area contributed by atoms with Crippen LogP contribution < -0.4 is 0 Å². The van der Waals surface area contributed by atoms with E-state index in [1.165, 1.54) is 0 Å². The topological polar surface area (TPSA) is 71.2 Å². The van der Waals surface area contributed by atoms with Gasteiger partial charge in [0.1, 0.15) is 0 Å². The number of aliphatic hydroxyl groups excluding tert-OH is 1. The first-order chi connectivity index (χ1) is 12.1. The lowest BCUT2D eigenvalue weighted by atomic mass is 9.86. The number of amides is 1. The van der Waals surface area contributed by atoms with Crippen molar-refractivity contribution in [2.75, 3.05) is 13.6 Å². The van der Waals surface area contributed by atoms with Crippen molar-refractivity contribution in [3.63, 3.8) is 0 Å². The van der Waals surface area contributed by atoms with Crippen LogP contribution in [0.5, 0.6) is 0 Å². The summed E-state index contributed by atoms with van der Waals surface area (Å²) < 4.78 is 1.73. The van der Waals surface area contributed by atoms with Gasteiger partial charge in [-0.2, -0.15) is 5.10 Å². The van der Waals surface area contributed by atoms with Crippen molar-refractivity contribution in [1.82, 2.24) is 19.7 Å². The minimum atomic E-state index is -0.300. The van der Waals surface area contributed by atoms with Crippen molar-refractivity contribution in [2.24, 2.45) is 5.92 Å². The number of hydrogen-bond donors (Lipinski definition) is 1. The highest BCUT2D eigenvalue weighted by molar-refractivity contribution is 5.95. The zero-order valence-corrected chi connectivity index (χ0v) is 14.9. The molecule has 3 rings (SSSR count). The lowest BCUT2D eigenvalue weighted by molar-refractivity contribution is 0.0450. The number of carbonyl (C=O) groups excluding carboxylic acids is 1. The summed E-state index contributed by atoms with van der Waals surface area (Å²) in [5.74, 6) is 0.833. The maximum Gasteiger partial charge on any atom is 0.257 e.